The van der Waals surface area contributed by atoms with Crippen molar-refractivity contribution >= 4 is 27.3 Å². The quantitative estimate of drug-likeness (QED) is 0.855. The van der Waals surface area contributed by atoms with E-state index >= 15 is 0 Å². The molecule has 1 aromatic heterocycles. The number of nitrogens with zero attached hydrogens (tertiary/aromatic N) is 1. The Bertz CT molecular complexity index is 718. The molecule has 0 amide bonds. The van der Waals surface area contributed by atoms with E-state index in [2.05, 4.69) is 9.71 Å². The van der Waals surface area contributed by atoms with Crippen LogP contribution >= 0.6 is 11.6 Å². The summed E-state index contributed by atoms with van der Waals surface area (Å²) < 4.78 is 27.1. The molecule has 4 nitrogen and oxygen atoms in total. The van der Waals surface area contributed by atoms with E-state index in [9.17, 15) is 8.42 Å². The predicted molar refractivity (Wildman–Crippen MR) is 86.3 cm³/mol. The van der Waals surface area contributed by atoms with Gasteiger partial charge in [-0.15, -0.1) is 0 Å². The molecule has 0 fully saturated rings. The van der Waals surface area contributed by atoms with Gasteiger partial charge in [0.25, 0.3) is 0 Å². The lowest BCUT2D eigenvalue weighted by Crippen LogP contribution is -2.21. The zero-order valence-corrected chi connectivity index (χ0v) is 13.4. The second kappa shape index (κ2) is 6.45. The minimum Gasteiger partial charge on any atom is -0.282 e. The molecule has 2 aromatic rings. The molecule has 1 unspecified atom stereocenters. The number of hydrogen-bond donors (Lipinski definition) is 1. The van der Waals surface area contributed by atoms with Crippen molar-refractivity contribution in [2.45, 2.75) is 19.8 Å². The summed E-state index contributed by atoms with van der Waals surface area (Å²) in [4.78, 5) is 4.03. The van der Waals surface area contributed by atoms with Gasteiger partial charge in [-0.2, -0.15) is 0 Å². The maximum Gasteiger partial charge on any atom is 0.233 e. The Morgan fingerprint density at radius 3 is 2.48 bits per heavy atom. The normalized spacial score (nSPS) is 12.9. The molecule has 0 bridgehead atoms. The van der Waals surface area contributed by atoms with Crippen LogP contribution in [0, 0.1) is 6.92 Å². The van der Waals surface area contributed by atoms with Gasteiger partial charge >= 0.3 is 0 Å². The lowest BCUT2D eigenvalue weighted by molar-refractivity contribution is 0.595. The number of benzene rings is 1. The molecule has 1 aromatic carbocycles. The summed E-state index contributed by atoms with van der Waals surface area (Å²) in [6.07, 6.45) is 0. The number of rotatable bonds is 5. The minimum atomic E-state index is -3.45. The summed E-state index contributed by atoms with van der Waals surface area (Å²) in [7, 11) is -3.45. The largest absolute Gasteiger partial charge is 0.282 e. The van der Waals surface area contributed by atoms with Crippen LogP contribution in [0.15, 0.2) is 42.5 Å². The molecule has 6 heteroatoms. The van der Waals surface area contributed by atoms with Crippen molar-refractivity contribution in [3.8, 4) is 0 Å². The van der Waals surface area contributed by atoms with Gasteiger partial charge in [0.1, 0.15) is 5.15 Å². The van der Waals surface area contributed by atoms with Gasteiger partial charge in [-0.1, -0.05) is 48.9 Å². The van der Waals surface area contributed by atoms with Crippen LogP contribution in [0.25, 0.3) is 0 Å². The van der Waals surface area contributed by atoms with Crippen LogP contribution in [0.3, 0.4) is 0 Å². The highest BCUT2D eigenvalue weighted by molar-refractivity contribution is 7.92. The molecule has 0 saturated heterocycles. The second-order valence-corrected chi connectivity index (χ2v) is 7.12. The van der Waals surface area contributed by atoms with Gasteiger partial charge in [0.2, 0.25) is 10.0 Å². The lowest BCUT2D eigenvalue weighted by Gasteiger charge is -2.14. The molecular weight excluding hydrogens is 308 g/mol. The van der Waals surface area contributed by atoms with Crippen molar-refractivity contribution in [3.05, 3.63) is 58.9 Å². The molecule has 21 heavy (non-hydrogen) atoms. The number of halogens is 1. The van der Waals surface area contributed by atoms with Gasteiger partial charge in [0.05, 0.1) is 17.1 Å². The van der Waals surface area contributed by atoms with Crippen LogP contribution in [0.4, 0.5) is 5.69 Å². The Labute approximate surface area is 130 Å². The first-order valence-corrected chi connectivity index (χ1v) is 8.59. The molecular formula is C15H17ClN2O2S. The van der Waals surface area contributed by atoms with Gasteiger partial charge in [-0.3, -0.25) is 4.72 Å². The van der Waals surface area contributed by atoms with E-state index in [0.717, 1.165) is 5.56 Å². The molecule has 0 saturated carbocycles. The first-order valence-electron chi connectivity index (χ1n) is 6.56. The summed E-state index contributed by atoms with van der Waals surface area (Å²) in [5.41, 5.74) is 2.01. The molecule has 0 aliphatic heterocycles. The zero-order chi connectivity index (χ0) is 15.5. The third-order valence-electron chi connectivity index (χ3n) is 3.16. The monoisotopic (exact) mass is 324 g/mol. The van der Waals surface area contributed by atoms with Gasteiger partial charge in [-0.25, -0.2) is 13.4 Å². The Morgan fingerprint density at radius 2 is 1.86 bits per heavy atom. The highest BCUT2D eigenvalue weighted by atomic mass is 35.5. The number of anilines is 1. The fourth-order valence-corrected chi connectivity index (χ4v) is 3.73. The van der Waals surface area contributed by atoms with E-state index in [1.54, 1.807) is 19.1 Å². The first-order chi connectivity index (χ1) is 9.87. The summed E-state index contributed by atoms with van der Waals surface area (Å²) in [6, 6.07) is 12.7. The number of hydrogen-bond acceptors (Lipinski definition) is 3. The van der Waals surface area contributed by atoms with Crippen molar-refractivity contribution in [3.63, 3.8) is 0 Å². The van der Waals surface area contributed by atoms with E-state index in [0.29, 0.717) is 16.5 Å². The molecule has 1 N–H and O–H groups in total. The third kappa shape index (κ3) is 4.44. The minimum absolute atomic E-state index is 0.0130. The standard InChI is InChI=1S/C15H17ClN2O2S/c1-11(13-6-4-3-5-7-13)10-21(19,20)18-14-8-9-15(16)17-12(14)2/h3-9,11,18H,10H2,1-2H3. The van der Waals surface area contributed by atoms with Gasteiger partial charge < -0.3 is 0 Å². The molecule has 0 aliphatic carbocycles. The fraction of sp³-hybridized carbons (Fsp3) is 0.267. The van der Waals surface area contributed by atoms with Crippen LogP contribution in [-0.2, 0) is 10.0 Å². The zero-order valence-electron chi connectivity index (χ0n) is 11.9. The van der Waals surface area contributed by atoms with Crippen LogP contribution < -0.4 is 4.72 Å². The summed E-state index contributed by atoms with van der Waals surface area (Å²) in [5, 5.41) is 0.341. The van der Waals surface area contributed by atoms with Crippen LogP contribution in [0.2, 0.25) is 5.15 Å². The number of sulfonamides is 1. The van der Waals surface area contributed by atoms with E-state index in [1.807, 2.05) is 37.3 Å². The summed E-state index contributed by atoms with van der Waals surface area (Å²) in [5.74, 6) is -0.0803. The van der Waals surface area contributed by atoms with Crippen molar-refractivity contribution < 1.29 is 8.42 Å². The Hall–Kier alpha value is -1.59. The topological polar surface area (TPSA) is 59.1 Å². The Balaban J connectivity index is 2.12. The van der Waals surface area contributed by atoms with Crippen molar-refractivity contribution in [2.75, 3.05) is 10.5 Å². The molecule has 1 atom stereocenters. The number of nitrogens with one attached hydrogen (secondary N) is 1. The maximum atomic E-state index is 12.2. The smallest absolute Gasteiger partial charge is 0.233 e. The fourth-order valence-electron chi connectivity index (χ4n) is 2.05. The van der Waals surface area contributed by atoms with Gasteiger partial charge in [0, 0.05) is 0 Å². The molecule has 0 radical (unpaired) electrons. The van der Waals surface area contributed by atoms with Gasteiger partial charge in [-0.05, 0) is 30.5 Å². The molecule has 0 spiro atoms. The highest BCUT2D eigenvalue weighted by Crippen LogP contribution is 2.21. The maximum absolute atomic E-state index is 12.2. The third-order valence-corrected chi connectivity index (χ3v) is 4.84. The van der Waals surface area contributed by atoms with E-state index in [1.165, 1.54) is 0 Å². The number of aryl methyl sites for hydroxylation is 1. The van der Waals surface area contributed by atoms with Crippen molar-refractivity contribution in [1.82, 2.24) is 4.98 Å². The van der Waals surface area contributed by atoms with E-state index in [4.69, 9.17) is 11.6 Å². The van der Waals surface area contributed by atoms with Crippen LogP contribution in [-0.4, -0.2) is 19.2 Å². The van der Waals surface area contributed by atoms with E-state index in [-0.39, 0.29) is 11.7 Å². The van der Waals surface area contributed by atoms with E-state index < -0.39 is 10.0 Å². The number of aromatic nitrogens is 1. The number of pyridine rings is 1. The average molecular weight is 325 g/mol. The molecule has 2 rings (SSSR count). The highest BCUT2D eigenvalue weighted by Gasteiger charge is 2.18. The Morgan fingerprint density at radius 1 is 1.19 bits per heavy atom. The molecule has 0 aliphatic rings. The van der Waals surface area contributed by atoms with Crippen molar-refractivity contribution in [2.24, 2.45) is 0 Å². The average Bonchev–Trinajstić information content (AvgIpc) is 2.42. The van der Waals surface area contributed by atoms with Crippen LogP contribution in [0.5, 0.6) is 0 Å². The second-order valence-electron chi connectivity index (χ2n) is 4.96. The lowest BCUT2D eigenvalue weighted by atomic mass is 10.0. The predicted octanol–water partition coefficient (Wildman–Crippen LogP) is 3.59. The Kier molecular flexibility index (Phi) is 4.85. The van der Waals surface area contributed by atoms with Gasteiger partial charge in [0.15, 0.2) is 0 Å². The van der Waals surface area contributed by atoms with Crippen LogP contribution in [0.1, 0.15) is 24.1 Å². The SMILES string of the molecule is Cc1nc(Cl)ccc1NS(=O)(=O)CC(C)c1ccccc1. The summed E-state index contributed by atoms with van der Waals surface area (Å²) >= 11 is 5.76. The molecule has 112 valence electrons. The summed E-state index contributed by atoms with van der Waals surface area (Å²) in [6.45, 7) is 3.60. The first kappa shape index (κ1) is 15.8. The van der Waals surface area contributed by atoms with Crippen molar-refractivity contribution in [1.29, 1.82) is 0 Å². The molecule has 1 heterocycles.